The van der Waals surface area contributed by atoms with E-state index < -0.39 is 11.7 Å². The fourth-order valence-corrected chi connectivity index (χ4v) is 3.44. The highest BCUT2D eigenvalue weighted by Crippen LogP contribution is 2.31. The van der Waals surface area contributed by atoms with Crippen LogP contribution in [-0.2, 0) is 22.3 Å². The lowest BCUT2D eigenvalue weighted by Gasteiger charge is -2.29. The SMILES string of the molecule is CC1CC(=O)Nc2ccccc2N1C(=O)CN(C)Cc1ccc(C(F)(F)F)cc1. The minimum atomic E-state index is -4.37. The monoisotopic (exact) mass is 405 g/mol. The van der Waals surface area contributed by atoms with Crippen molar-refractivity contribution in [3.63, 3.8) is 0 Å². The lowest BCUT2D eigenvalue weighted by molar-refractivity contribution is -0.137. The van der Waals surface area contributed by atoms with Crippen molar-refractivity contribution in [1.29, 1.82) is 0 Å². The number of rotatable bonds is 4. The molecule has 0 saturated carbocycles. The van der Waals surface area contributed by atoms with Crippen LogP contribution in [0.5, 0.6) is 0 Å². The number of nitrogens with one attached hydrogen (secondary N) is 1. The number of anilines is 2. The van der Waals surface area contributed by atoms with E-state index in [1.807, 2.05) is 6.92 Å². The second-order valence-electron chi connectivity index (χ2n) is 7.25. The van der Waals surface area contributed by atoms with Gasteiger partial charge in [-0.05, 0) is 43.8 Å². The minimum absolute atomic E-state index is 0.0634. The van der Waals surface area contributed by atoms with Gasteiger partial charge in [0, 0.05) is 19.0 Å². The first-order chi connectivity index (χ1) is 13.6. The molecule has 2 amide bonds. The molecule has 0 radical (unpaired) electrons. The van der Waals surface area contributed by atoms with Crippen LogP contribution >= 0.6 is 0 Å². The molecule has 2 aromatic carbocycles. The summed E-state index contributed by atoms with van der Waals surface area (Å²) >= 11 is 0. The zero-order valence-corrected chi connectivity index (χ0v) is 16.2. The summed E-state index contributed by atoms with van der Waals surface area (Å²) in [7, 11) is 1.73. The Morgan fingerprint density at radius 1 is 1.17 bits per heavy atom. The summed E-state index contributed by atoms with van der Waals surface area (Å²) in [5.41, 5.74) is 1.20. The topological polar surface area (TPSA) is 52.7 Å². The van der Waals surface area contributed by atoms with Gasteiger partial charge in [-0.1, -0.05) is 24.3 Å². The molecular formula is C21H22F3N3O2. The normalized spacial score (nSPS) is 17.0. The summed E-state index contributed by atoms with van der Waals surface area (Å²) in [6.45, 7) is 2.20. The maximum atomic E-state index is 13.0. The number of para-hydroxylation sites is 2. The van der Waals surface area contributed by atoms with Crippen molar-refractivity contribution in [3.05, 3.63) is 59.7 Å². The van der Waals surface area contributed by atoms with Crippen molar-refractivity contribution >= 4 is 23.2 Å². The van der Waals surface area contributed by atoms with E-state index in [1.54, 1.807) is 41.1 Å². The lowest BCUT2D eigenvalue weighted by Crippen LogP contribution is -2.44. The van der Waals surface area contributed by atoms with Gasteiger partial charge in [-0.15, -0.1) is 0 Å². The van der Waals surface area contributed by atoms with E-state index in [9.17, 15) is 22.8 Å². The number of carbonyl (C=O) groups excluding carboxylic acids is 2. The highest BCUT2D eigenvalue weighted by molar-refractivity contribution is 6.04. The van der Waals surface area contributed by atoms with Crippen LogP contribution in [0.25, 0.3) is 0 Å². The van der Waals surface area contributed by atoms with Crippen LogP contribution in [-0.4, -0.2) is 36.3 Å². The van der Waals surface area contributed by atoms with Crippen molar-refractivity contribution in [2.75, 3.05) is 23.8 Å². The molecule has 0 saturated heterocycles. The summed E-state index contributed by atoms with van der Waals surface area (Å²) in [5, 5.41) is 2.81. The van der Waals surface area contributed by atoms with Gasteiger partial charge >= 0.3 is 6.18 Å². The van der Waals surface area contributed by atoms with E-state index in [0.717, 1.165) is 12.1 Å². The van der Waals surface area contributed by atoms with Gasteiger partial charge in [0.15, 0.2) is 0 Å². The number of halogens is 3. The third-order valence-corrected chi connectivity index (χ3v) is 4.77. The van der Waals surface area contributed by atoms with Crippen LogP contribution in [0.1, 0.15) is 24.5 Å². The van der Waals surface area contributed by atoms with Gasteiger partial charge in [0.05, 0.1) is 23.5 Å². The Labute approximate surface area is 167 Å². The van der Waals surface area contributed by atoms with Crippen LogP contribution in [0.2, 0.25) is 0 Å². The Kier molecular flexibility index (Phi) is 5.93. The highest BCUT2D eigenvalue weighted by atomic mass is 19.4. The molecule has 154 valence electrons. The van der Waals surface area contributed by atoms with Gasteiger partial charge in [-0.3, -0.25) is 14.5 Å². The number of alkyl halides is 3. The summed E-state index contributed by atoms with van der Waals surface area (Å²) in [6.07, 6.45) is -4.19. The number of likely N-dealkylation sites (N-methyl/N-ethyl adjacent to an activating group) is 1. The van der Waals surface area contributed by atoms with Crippen molar-refractivity contribution < 1.29 is 22.8 Å². The van der Waals surface area contributed by atoms with E-state index in [-0.39, 0.29) is 30.8 Å². The standard InChI is InChI=1S/C21H22F3N3O2/c1-14-11-19(28)25-17-5-3-4-6-18(17)27(14)20(29)13-26(2)12-15-7-9-16(10-8-15)21(22,23)24/h3-10,14H,11-13H2,1-2H3,(H,25,28). The van der Waals surface area contributed by atoms with Gasteiger partial charge in [-0.2, -0.15) is 13.2 Å². The number of carbonyl (C=O) groups is 2. The molecular weight excluding hydrogens is 383 g/mol. The second-order valence-corrected chi connectivity index (χ2v) is 7.25. The van der Waals surface area contributed by atoms with Crippen LogP contribution in [0.4, 0.5) is 24.5 Å². The zero-order chi connectivity index (χ0) is 21.2. The molecule has 0 spiro atoms. The fraction of sp³-hybridized carbons (Fsp3) is 0.333. The Bertz CT molecular complexity index is 897. The van der Waals surface area contributed by atoms with E-state index in [0.29, 0.717) is 23.5 Å². The van der Waals surface area contributed by atoms with E-state index in [2.05, 4.69) is 5.32 Å². The smallest absolute Gasteiger partial charge is 0.324 e. The molecule has 1 N–H and O–H groups in total. The van der Waals surface area contributed by atoms with Crippen molar-refractivity contribution in [2.45, 2.75) is 32.1 Å². The molecule has 8 heteroatoms. The van der Waals surface area contributed by atoms with Gasteiger partial charge in [-0.25, -0.2) is 0 Å². The first-order valence-electron chi connectivity index (χ1n) is 9.21. The number of fused-ring (bicyclic) bond motifs is 1. The van der Waals surface area contributed by atoms with Gasteiger partial charge in [0.2, 0.25) is 11.8 Å². The predicted octanol–water partition coefficient (Wildman–Crippen LogP) is 3.90. The van der Waals surface area contributed by atoms with Crippen molar-refractivity contribution in [1.82, 2.24) is 4.90 Å². The number of benzene rings is 2. The minimum Gasteiger partial charge on any atom is -0.324 e. The molecule has 1 atom stereocenters. The molecule has 1 aliphatic rings. The third-order valence-electron chi connectivity index (χ3n) is 4.77. The largest absolute Gasteiger partial charge is 0.416 e. The summed E-state index contributed by atoms with van der Waals surface area (Å²) in [6, 6.07) is 11.7. The summed E-state index contributed by atoms with van der Waals surface area (Å²) in [5.74, 6) is -0.339. The van der Waals surface area contributed by atoms with E-state index in [4.69, 9.17) is 0 Å². The highest BCUT2D eigenvalue weighted by Gasteiger charge is 2.31. The van der Waals surface area contributed by atoms with E-state index >= 15 is 0 Å². The third kappa shape index (κ3) is 4.95. The molecule has 0 fully saturated rings. The Morgan fingerprint density at radius 3 is 2.48 bits per heavy atom. The van der Waals surface area contributed by atoms with E-state index in [1.165, 1.54) is 12.1 Å². The fourth-order valence-electron chi connectivity index (χ4n) is 3.44. The molecule has 3 rings (SSSR count). The Balaban J connectivity index is 1.71. The van der Waals surface area contributed by atoms with Crippen LogP contribution in [0.15, 0.2) is 48.5 Å². The molecule has 0 aromatic heterocycles. The second kappa shape index (κ2) is 8.24. The Hall–Kier alpha value is -2.87. The number of amides is 2. The molecule has 1 heterocycles. The van der Waals surface area contributed by atoms with Gasteiger partial charge < -0.3 is 10.2 Å². The molecule has 2 aromatic rings. The Morgan fingerprint density at radius 2 is 1.83 bits per heavy atom. The van der Waals surface area contributed by atoms with Gasteiger partial charge in [0.1, 0.15) is 0 Å². The molecule has 29 heavy (non-hydrogen) atoms. The quantitative estimate of drug-likeness (QED) is 0.840. The van der Waals surface area contributed by atoms with Gasteiger partial charge in [0.25, 0.3) is 0 Å². The van der Waals surface area contributed by atoms with Crippen LogP contribution < -0.4 is 10.2 Å². The average molecular weight is 405 g/mol. The average Bonchev–Trinajstić information content (AvgIpc) is 2.75. The first kappa shape index (κ1) is 20.9. The first-order valence-corrected chi connectivity index (χ1v) is 9.21. The molecule has 0 aliphatic carbocycles. The maximum absolute atomic E-state index is 13.0. The molecule has 1 unspecified atom stereocenters. The summed E-state index contributed by atoms with van der Waals surface area (Å²) in [4.78, 5) is 28.4. The van der Waals surface area contributed by atoms with Crippen molar-refractivity contribution in [2.24, 2.45) is 0 Å². The van der Waals surface area contributed by atoms with Crippen LogP contribution in [0.3, 0.4) is 0 Å². The van der Waals surface area contributed by atoms with Crippen molar-refractivity contribution in [3.8, 4) is 0 Å². The molecule has 1 aliphatic heterocycles. The summed E-state index contributed by atoms with van der Waals surface area (Å²) < 4.78 is 38.1. The molecule has 5 nitrogen and oxygen atoms in total. The van der Waals surface area contributed by atoms with Crippen LogP contribution in [0, 0.1) is 0 Å². The zero-order valence-electron chi connectivity index (χ0n) is 16.2. The number of hydrogen-bond donors (Lipinski definition) is 1. The molecule has 0 bridgehead atoms. The lowest BCUT2D eigenvalue weighted by atomic mass is 10.1. The maximum Gasteiger partial charge on any atom is 0.416 e. The number of hydrogen-bond acceptors (Lipinski definition) is 3. The predicted molar refractivity (Wildman–Crippen MR) is 104 cm³/mol. The number of nitrogens with zero attached hydrogens (tertiary/aromatic N) is 2.